The van der Waals surface area contributed by atoms with E-state index >= 15 is 0 Å². The highest BCUT2D eigenvalue weighted by molar-refractivity contribution is 7.89. The van der Waals surface area contributed by atoms with Gasteiger partial charge in [0.2, 0.25) is 10.0 Å². The van der Waals surface area contributed by atoms with E-state index in [4.69, 9.17) is 47.3 Å². The van der Waals surface area contributed by atoms with E-state index in [-0.39, 0.29) is 27.9 Å². The maximum absolute atomic E-state index is 13.8. The van der Waals surface area contributed by atoms with Gasteiger partial charge in [0.1, 0.15) is 17.9 Å². The molecular weight excluding hydrogens is 633 g/mol. The Kier molecular flexibility index (Phi) is 11.4. The van der Waals surface area contributed by atoms with Crippen molar-refractivity contribution in [3.05, 3.63) is 81.8 Å². The Morgan fingerprint density at radius 2 is 1.75 bits per heavy atom. The number of nitrogens with zero attached hydrogens (tertiary/aromatic N) is 1. The standard InChI is InChI=1S/C31H33Cl2NO9S/c1-40-28-14-10-20(16-29(28)41-2)9-13-27(21-6-5-7-22(17-21)42-19-30(35)36)43-31(37)26-8-3-4-15-34(26)44(38,39)23-11-12-24(32)25(33)18-23/h5-7,10-12,14,16-18,26-27H,3-4,8-9,13,15,19H2,1-2H3,(H,35,36)/t26-,27+/m0/s1. The Hall–Kier alpha value is -3.51. The van der Waals surface area contributed by atoms with Crippen LogP contribution in [0.1, 0.15) is 42.9 Å². The number of hydrogen-bond acceptors (Lipinski definition) is 8. The number of methoxy groups -OCH3 is 2. The van der Waals surface area contributed by atoms with Crippen molar-refractivity contribution in [2.45, 2.75) is 49.1 Å². The maximum atomic E-state index is 13.8. The van der Waals surface area contributed by atoms with Crippen LogP contribution >= 0.6 is 23.2 Å². The number of carbonyl (C=O) groups excluding carboxylic acids is 1. The zero-order chi connectivity index (χ0) is 31.9. The zero-order valence-corrected chi connectivity index (χ0v) is 26.5. The molecule has 0 radical (unpaired) electrons. The molecule has 0 spiro atoms. The van der Waals surface area contributed by atoms with Crippen LogP contribution in [0.15, 0.2) is 65.6 Å². The number of ether oxygens (including phenoxy) is 4. The second-order valence-corrected chi connectivity index (χ2v) is 12.8. The van der Waals surface area contributed by atoms with E-state index in [1.165, 1.54) is 25.3 Å². The van der Waals surface area contributed by atoms with Crippen molar-refractivity contribution in [3.63, 3.8) is 0 Å². The van der Waals surface area contributed by atoms with Crippen LogP contribution in [0.4, 0.5) is 0 Å². The normalized spacial score (nSPS) is 16.1. The summed E-state index contributed by atoms with van der Waals surface area (Å²) >= 11 is 12.1. The van der Waals surface area contributed by atoms with E-state index in [0.29, 0.717) is 48.5 Å². The summed E-state index contributed by atoms with van der Waals surface area (Å²) in [5.41, 5.74) is 1.46. The number of piperidine rings is 1. The van der Waals surface area contributed by atoms with Gasteiger partial charge < -0.3 is 24.1 Å². The largest absolute Gasteiger partial charge is 0.493 e. The summed E-state index contributed by atoms with van der Waals surface area (Å²) in [5, 5.41) is 9.33. The van der Waals surface area contributed by atoms with Crippen molar-refractivity contribution in [3.8, 4) is 17.2 Å². The first kappa shape index (κ1) is 33.4. The third-order valence-corrected chi connectivity index (χ3v) is 9.86. The Bertz CT molecular complexity index is 1600. The zero-order valence-electron chi connectivity index (χ0n) is 24.2. The second kappa shape index (κ2) is 15.0. The minimum atomic E-state index is -4.10. The van der Waals surface area contributed by atoms with E-state index in [1.54, 1.807) is 37.4 Å². The van der Waals surface area contributed by atoms with Gasteiger partial charge in [0, 0.05) is 6.54 Å². The predicted octanol–water partition coefficient (Wildman–Crippen LogP) is 5.93. The lowest BCUT2D eigenvalue weighted by Gasteiger charge is -2.34. The number of carboxylic acid groups (broad SMARTS) is 1. The smallest absolute Gasteiger partial charge is 0.341 e. The fourth-order valence-electron chi connectivity index (χ4n) is 5.00. The minimum Gasteiger partial charge on any atom is -0.493 e. The van der Waals surface area contributed by atoms with Crippen LogP contribution in [0.5, 0.6) is 17.2 Å². The van der Waals surface area contributed by atoms with Crippen LogP contribution in [-0.2, 0) is 30.8 Å². The molecule has 1 heterocycles. The molecule has 1 fully saturated rings. The molecule has 0 bridgehead atoms. The summed E-state index contributed by atoms with van der Waals surface area (Å²) in [4.78, 5) is 24.7. The predicted molar refractivity (Wildman–Crippen MR) is 164 cm³/mol. The first-order chi connectivity index (χ1) is 21.0. The van der Waals surface area contributed by atoms with Gasteiger partial charge in [-0.1, -0.05) is 41.4 Å². The Morgan fingerprint density at radius 1 is 0.977 bits per heavy atom. The highest BCUT2D eigenvalue weighted by Crippen LogP contribution is 2.34. The molecule has 0 aromatic heterocycles. The second-order valence-electron chi connectivity index (χ2n) is 10.1. The monoisotopic (exact) mass is 665 g/mol. The minimum absolute atomic E-state index is 0.0696. The number of halogens is 2. The maximum Gasteiger partial charge on any atom is 0.341 e. The first-order valence-electron chi connectivity index (χ1n) is 13.9. The van der Waals surface area contributed by atoms with Gasteiger partial charge in [0.05, 0.1) is 29.2 Å². The van der Waals surface area contributed by atoms with Crippen LogP contribution in [0, 0.1) is 0 Å². The fraction of sp³-hybridized carbons (Fsp3) is 0.355. The summed E-state index contributed by atoms with van der Waals surface area (Å²) in [5.74, 6) is -0.412. The molecule has 3 aromatic rings. The van der Waals surface area contributed by atoms with Crippen molar-refractivity contribution in [1.82, 2.24) is 4.31 Å². The summed E-state index contributed by atoms with van der Waals surface area (Å²) < 4.78 is 50.6. The topological polar surface area (TPSA) is 129 Å². The highest BCUT2D eigenvalue weighted by atomic mass is 35.5. The summed E-state index contributed by atoms with van der Waals surface area (Å²) in [6.07, 6.45) is 1.49. The first-order valence-corrected chi connectivity index (χ1v) is 16.1. The van der Waals surface area contributed by atoms with Gasteiger partial charge >= 0.3 is 11.9 Å². The number of aryl methyl sites for hydroxylation is 1. The van der Waals surface area contributed by atoms with E-state index < -0.39 is 40.7 Å². The molecule has 4 rings (SSSR count). The van der Waals surface area contributed by atoms with E-state index in [9.17, 15) is 18.0 Å². The number of esters is 1. The van der Waals surface area contributed by atoms with Crippen molar-refractivity contribution in [1.29, 1.82) is 0 Å². The van der Waals surface area contributed by atoms with Crippen molar-refractivity contribution < 1.29 is 42.1 Å². The van der Waals surface area contributed by atoms with Crippen molar-refractivity contribution in [2.24, 2.45) is 0 Å². The van der Waals surface area contributed by atoms with Gasteiger partial charge in [0.25, 0.3) is 0 Å². The van der Waals surface area contributed by atoms with Gasteiger partial charge in [-0.2, -0.15) is 4.31 Å². The van der Waals surface area contributed by atoms with Gasteiger partial charge in [-0.05, 0) is 85.7 Å². The van der Waals surface area contributed by atoms with Gasteiger partial charge in [0.15, 0.2) is 18.1 Å². The van der Waals surface area contributed by atoms with Crippen molar-refractivity contribution >= 4 is 45.2 Å². The fourth-order valence-corrected chi connectivity index (χ4v) is 7.03. The molecular formula is C31H33Cl2NO9S. The number of sulfonamides is 1. The number of carbonyl (C=O) groups is 2. The molecule has 2 atom stereocenters. The molecule has 236 valence electrons. The van der Waals surface area contributed by atoms with Crippen LogP contribution in [0.2, 0.25) is 10.0 Å². The quantitative estimate of drug-likeness (QED) is 0.221. The Morgan fingerprint density at radius 3 is 2.45 bits per heavy atom. The molecule has 1 aliphatic heterocycles. The van der Waals surface area contributed by atoms with E-state index in [0.717, 1.165) is 9.87 Å². The lowest BCUT2D eigenvalue weighted by molar-refractivity contribution is -0.155. The molecule has 44 heavy (non-hydrogen) atoms. The number of rotatable bonds is 13. The number of hydrogen-bond donors (Lipinski definition) is 1. The van der Waals surface area contributed by atoms with Crippen molar-refractivity contribution in [2.75, 3.05) is 27.4 Å². The van der Waals surface area contributed by atoms with E-state index in [2.05, 4.69) is 0 Å². The third-order valence-electron chi connectivity index (χ3n) is 7.22. The van der Waals surface area contributed by atoms with Crippen LogP contribution in [0.3, 0.4) is 0 Å². The number of carboxylic acids is 1. The van der Waals surface area contributed by atoms with Gasteiger partial charge in [-0.3, -0.25) is 4.79 Å². The summed E-state index contributed by atoms with van der Waals surface area (Å²) in [7, 11) is -1.02. The van der Waals surface area contributed by atoms with Crippen LogP contribution in [-0.4, -0.2) is 63.2 Å². The Labute approximate surface area is 266 Å². The Balaban J connectivity index is 1.61. The number of aliphatic carboxylic acids is 1. The summed E-state index contributed by atoms with van der Waals surface area (Å²) in [6, 6.07) is 15.1. The molecule has 0 aliphatic carbocycles. The molecule has 1 N–H and O–H groups in total. The lowest BCUT2D eigenvalue weighted by atomic mass is 10.00. The number of benzene rings is 3. The molecule has 0 unspecified atom stereocenters. The molecule has 0 saturated carbocycles. The van der Waals surface area contributed by atoms with Crippen LogP contribution < -0.4 is 14.2 Å². The molecule has 1 saturated heterocycles. The molecule has 1 aliphatic rings. The summed E-state index contributed by atoms with van der Waals surface area (Å²) in [6.45, 7) is -0.402. The molecule has 13 heteroatoms. The highest BCUT2D eigenvalue weighted by Gasteiger charge is 2.39. The lowest BCUT2D eigenvalue weighted by Crippen LogP contribution is -2.48. The van der Waals surface area contributed by atoms with Gasteiger partial charge in [-0.15, -0.1) is 0 Å². The third kappa shape index (κ3) is 8.15. The SMILES string of the molecule is COc1ccc(CC[C@@H](OC(=O)[C@@H]2CCCCN2S(=O)(=O)c2ccc(Cl)c(Cl)c2)c2cccc(OCC(=O)O)c2)cc1OC. The van der Waals surface area contributed by atoms with Crippen LogP contribution in [0.25, 0.3) is 0 Å². The average molecular weight is 667 g/mol. The van der Waals surface area contributed by atoms with E-state index in [1.807, 2.05) is 12.1 Å². The molecule has 0 amide bonds. The molecule has 3 aromatic carbocycles. The van der Waals surface area contributed by atoms with Gasteiger partial charge in [-0.25, -0.2) is 13.2 Å². The average Bonchev–Trinajstić information content (AvgIpc) is 3.03. The molecule has 10 nitrogen and oxygen atoms in total.